The second-order valence-corrected chi connectivity index (χ2v) is 5.72. The largest absolute Gasteiger partial charge is 0.330 e. The van der Waals surface area contributed by atoms with Crippen LogP contribution >= 0.6 is 0 Å². The van der Waals surface area contributed by atoms with Gasteiger partial charge < -0.3 is 10.6 Å². The van der Waals surface area contributed by atoms with Crippen LogP contribution in [0.15, 0.2) is 30.3 Å². The third-order valence-electron chi connectivity index (χ3n) is 4.32. The Hall–Kier alpha value is -1.86. The fraction of sp³-hybridized carbons (Fsp3) is 0.529. The van der Waals surface area contributed by atoms with Crippen LogP contribution in [0.2, 0.25) is 0 Å². The van der Waals surface area contributed by atoms with E-state index in [0.29, 0.717) is 13.1 Å². The Morgan fingerprint density at radius 2 is 2.00 bits per heavy atom. The van der Waals surface area contributed by atoms with Gasteiger partial charge in [0.05, 0.1) is 6.07 Å². The molecule has 0 saturated heterocycles. The predicted molar refractivity (Wildman–Crippen MR) is 82.0 cm³/mol. The summed E-state index contributed by atoms with van der Waals surface area (Å²) in [7, 11) is 0. The first-order valence-electron chi connectivity index (χ1n) is 7.66. The number of carbonyl (C=O) groups is 1. The van der Waals surface area contributed by atoms with Crippen LogP contribution in [0.4, 0.5) is 0 Å². The molecule has 0 radical (unpaired) electrons. The Balaban J connectivity index is 2.09. The number of hydrogen-bond donors (Lipinski definition) is 1. The Morgan fingerprint density at radius 3 is 2.67 bits per heavy atom. The van der Waals surface area contributed by atoms with Gasteiger partial charge >= 0.3 is 0 Å². The van der Waals surface area contributed by atoms with Crippen molar-refractivity contribution in [1.29, 1.82) is 5.26 Å². The zero-order chi connectivity index (χ0) is 15.1. The van der Waals surface area contributed by atoms with E-state index in [9.17, 15) is 4.79 Å². The van der Waals surface area contributed by atoms with Gasteiger partial charge in [0.15, 0.2) is 0 Å². The van der Waals surface area contributed by atoms with Gasteiger partial charge in [0.25, 0.3) is 0 Å². The molecule has 1 amide bonds. The van der Waals surface area contributed by atoms with Gasteiger partial charge in [-0.3, -0.25) is 4.79 Å². The number of nitrogens with two attached hydrogens (primary N) is 1. The highest BCUT2D eigenvalue weighted by atomic mass is 16.2. The summed E-state index contributed by atoms with van der Waals surface area (Å²) in [6.45, 7) is 1.20. The van der Waals surface area contributed by atoms with E-state index in [-0.39, 0.29) is 24.3 Å². The highest BCUT2D eigenvalue weighted by molar-refractivity contribution is 5.79. The quantitative estimate of drug-likeness (QED) is 0.844. The van der Waals surface area contributed by atoms with Crippen molar-refractivity contribution in [3.05, 3.63) is 35.9 Å². The summed E-state index contributed by atoms with van der Waals surface area (Å²) in [5.41, 5.74) is 6.88. The van der Waals surface area contributed by atoms with Crippen molar-refractivity contribution in [1.82, 2.24) is 4.90 Å². The van der Waals surface area contributed by atoms with Crippen molar-refractivity contribution in [2.75, 3.05) is 13.1 Å². The lowest BCUT2D eigenvalue weighted by atomic mass is 9.78. The molecule has 0 spiro atoms. The first kappa shape index (κ1) is 15.5. The van der Waals surface area contributed by atoms with E-state index in [4.69, 9.17) is 11.0 Å². The first-order chi connectivity index (χ1) is 10.3. The molecule has 1 aliphatic carbocycles. The number of carbonyl (C=O) groups excluding carboxylic acids is 1. The minimum atomic E-state index is -0.0131. The molecule has 1 aromatic rings. The topological polar surface area (TPSA) is 70.1 Å². The van der Waals surface area contributed by atoms with Gasteiger partial charge in [0, 0.05) is 12.5 Å². The van der Waals surface area contributed by atoms with Gasteiger partial charge in [-0.25, -0.2) is 0 Å². The molecule has 2 atom stereocenters. The fourth-order valence-corrected chi connectivity index (χ4v) is 3.15. The van der Waals surface area contributed by atoms with Crippen molar-refractivity contribution < 1.29 is 4.79 Å². The number of amides is 1. The predicted octanol–water partition coefficient (Wildman–Crippen LogP) is 2.30. The van der Waals surface area contributed by atoms with Gasteiger partial charge in [-0.2, -0.15) is 5.26 Å². The van der Waals surface area contributed by atoms with Crippen molar-refractivity contribution in [3.8, 4) is 6.07 Å². The van der Waals surface area contributed by atoms with E-state index >= 15 is 0 Å². The molecule has 0 bridgehead atoms. The number of rotatable bonds is 5. The molecule has 1 saturated carbocycles. The van der Waals surface area contributed by atoms with Crippen LogP contribution in [0.1, 0.15) is 31.2 Å². The SMILES string of the molecule is N#CCN(Cc1ccccc1)C(=O)C1CCCCC1CN. The molecule has 2 unspecified atom stereocenters. The van der Waals surface area contributed by atoms with Gasteiger partial charge in [0.1, 0.15) is 6.54 Å². The zero-order valence-electron chi connectivity index (χ0n) is 12.4. The summed E-state index contributed by atoms with van der Waals surface area (Å²) in [4.78, 5) is 14.5. The highest BCUT2D eigenvalue weighted by Gasteiger charge is 2.32. The average Bonchev–Trinajstić information content (AvgIpc) is 2.54. The summed E-state index contributed by atoms with van der Waals surface area (Å²) in [6, 6.07) is 11.9. The van der Waals surface area contributed by atoms with Gasteiger partial charge in [-0.05, 0) is 30.9 Å². The molecule has 4 nitrogen and oxygen atoms in total. The molecule has 0 aliphatic heterocycles. The molecular weight excluding hydrogens is 262 g/mol. The molecule has 1 fully saturated rings. The second kappa shape index (κ2) is 7.80. The monoisotopic (exact) mass is 285 g/mol. The van der Waals surface area contributed by atoms with Crippen molar-refractivity contribution in [2.45, 2.75) is 32.2 Å². The zero-order valence-corrected chi connectivity index (χ0v) is 12.4. The third-order valence-corrected chi connectivity index (χ3v) is 4.32. The lowest BCUT2D eigenvalue weighted by Gasteiger charge is -2.33. The first-order valence-corrected chi connectivity index (χ1v) is 7.66. The van der Waals surface area contributed by atoms with E-state index in [1.807, 2.05) is 30.3 Å². The molecular formula is C17H23N3O. The Bertz CT molecular complexity index is 495. The van der Waals surface area contributed by atoms with Crippen LogP contribution < -0.4 is 5.73 Å². The summed E-state index contributed by atoms with van der Waals surface area (Å²) < 4.78 is 0. The number of nitriles is 1. The minimum Gasteiger partial charge on any atom is -0.330 e. The number of hydrogen-bond acceptors (Lipinski definition) is 3. The molecule has 2 rings (SSSR count). The van der Waals surface area contributed by atoms with Crippen molar-refractivity contribution in [3.63, 3.8) is 0 Å². The molecule has 2 N–H and O–H groups in total. The normalized spacial score (nSPS) is 21.5. The summed E-state index contributed by atoms with van der Waals surface area (Å²) >= 11 is 0. The summed E-state index contributed by atoms with van der Waals surface area (Å²) in [6.07, 6.45) is 4.16. The lowest BCUT2D eigenvalue weighted by Crippen LogP contribution is -2.42. The standard InChI is InChI=1S/C17H23N3O/c18-10-11-20(13-14-6-2-1-3-7-14)17(21)16-9-5-4-8-15(16)12-19/h1-3,6-7,15-16H,4-5,8-9,11-13,19H2. The molecule has 0 heterocycles. The van der Waals surface area contributed by atoms with Crippen LogP contribution in [0.5, 0.6) is 0 Å². The number of benzene rings is 1. The minimum absolute atomic E-state index is 0.0131. The Morgan fingerprint density at radius 1 is 1.29 bits per heavy atom. The summed E-state index contributed by atoms with van der Waals surface area (Å²) in [5, 5.41) is 9.02. The second-order valence-electron chi connectivity index (χ2n) is 5.72. The van der Waals surface area contributed by atoms with Crippen molar-refractivity contribution in [2.24, 2.45) is 17.6 Å². The van der Waals surface area contributed by atoms with E-state index in [1.165, 1.54) is 0 Å². The molecule has 1 aliphatic rings. The summed E-state index contributed by atoms with van der Waals surface area (Å²) in [5.74, 6) is 0.347. The van der Waals surface area contributed by atoms with Crippen LogP contribution in [-0.2, 0) is 11.3 Å². The fourth-order valence-electron chi connectivity index (χ4n) is 3.15. The van der Waals surface area contributed by atoms with Crippen LogP contribution in [-0.4, -0.2) is 23.9 Å². The Labute approximate surface area is 126 Å². The molecule has 112 valence electrons. The van der Waals surface area contributed by atoms with Crippen LogP contribution in [0, 0.1) is 23.2 Å². The van der Waals surface area contributed by atoms with Gasteiger partial charge in [-0.15, -0.1) is 0 Å². The van der Waals surface area contributed by atoms with E-state index in [2.05, 4.69) is 6.07 Å². The van der Waals surface area contributed by atoms with E-state index in [1.54, 1.807) is 4.90 Å². The van der Waals surface area contributed by atoms with E-state index < -0.39 is 0 Å². The Kier molecular flexibility index (Phi) is 5.77. The molecule has 0 aromatic heterocycles. The van der Waals surface area contributed by atoms with E-state index in [0.717, 1.165) is 31.2 Å². The maximum absolute atomic E-state index is 12.8. The van der Waals surface area contributed by atoms with Gasteiger partial charge in [-0.1, -0.05) is 43.2 Å². The number of nitrogens with zero attached hydrogens (tertiary/aromatic N) is 2. The maximum Gasteiger partial charge on any atom is 0.227 e. The molecule has 21 heavy (non-hydrogen) atoms. The smallest absolute Gasteiger partial charge is 0.227 e. The van der Waals surface area contributed by atoms with Gasteiger partial charge in [0.2, 0.25) is 5.91 Å². The van der Waals surface area contributed by atoms with Crippen LogP contribution in [0.3, 0.4) is 0 Å². The lowest BCUT2D eigenvalue weighted by molar-refractivity contribution is -0.138. The molecule has 1 aromatic carbocycles. The third kappa shape index (κ3) is 4.05. The molecule has 4 heteroatoms. The highest BCUT2D eigenvalue weighted by Crippen LogP contribution is 2.31. The van der Waals surface area contributed by atoms with Crippen molar-refractivity contribution >= 4 is 5.91 Å². The average molecular weight is 285 g/mol. The van der Waals surface area contributed by atoms with Crippen LogP contribution in [0.25, 0.3) is 0 Å². The maximum atomic E-state index is 12.8.